The van der Waals surface area contributed by atoms with E-state index in [1.54, 1.807) is 11.3 Å². The number of nitrogens with one attached hydrogen (secondary N) is 1. The van der Waals surface area contributed by atoms with E-state index in [0.29, 0.717) is 11.8 Å². The smallest absolute Gasteiger partial charge is 0.107 e. The van der Waals surface area contributed by atoms with Crippen LogP contribution in [0.4, 0.5) is 0 Å². The molecular weight excluding hydrogens is 377 g/mol. The average molecular weight is 391 g/mol. The molecule has 2 aromatic rings. The van der Waals surface area contributed by atoms with Gasteiger partial charge in [0.15, 0.2) is 0 Å². The number of thiophene rings is 1. The molecule has 0 amide bonds. The zero-order valence-corrected chi connectivity index (χ0v) is 14.6. The van der Waals surface area contributed by atoms with Crippen LogP contribution >= 0.6 is 50.5 Å². The van der Waals surface area contributed by atoms with Crippen molar-refractivity contribution in [1.29, 1.82) is 0 Å². The highest BCUT2D eigenvalue weighted by Crippen LogP contribution is 2.44. The Morgan fingerprint density at radius 1 is 1.15 bits per heavy atom. The number of piperidine rings is 1. The second-order valence-electron chi connectivity index (χ2n) is 5.03. The molecule has 2 heterocycles. The first-order valence-corrected chi connectivity index (χ1v) is 8.92. The lowest BCUT2D eigenvalue weighted by molar-refractivity contribution is 0.408. The van der Waals surface area contributed by atoms with E-state index in [-0.39, 0.29) is 0 Å². The van der Waals surface area contributed by atoms with Crippen molar-refractivity contribution in [3.63, 3.8) is 0 Å². The summed E-state index contributed by atoms with van der Waals surface area (Å²) in [5.74, 6) is 0.994. The molecule has 1 aliphatic heterocycles. The summed E-state index contributed by atoms with van der Waals surface area (Å²) >= 11 is 17.4. The van der Waals surface area contributed by atoms with Gasteiger partial charge in [0, 0.05) is 32.8 Å². The first-order chi connectivity index (χ1) is 9.65. The van der Waals surface area contributed by atoms with Crippen LogP contribution in [0.15, 0.2) is 34.8 Å². The molecule has 5 heteroatoms. The average Bonchev–Trinajstić information content (AvgIpc) is 2.79. The second kappa shape index (κ2) is 6.37. The second-order valence-corrected chi connectivity index (χ2v) is 8.00. The molecule has 1 saturated heterocycles. The van der Waals surface area contributed by atoms with Gasteiger partial charge in [0.2, 0.25) is 0 Å². The van der Waals surface area contributed by atoms with Crippen molar-refractivity contribution in [3.8, 4) is 0 Å². The first kappa shape index (κ1) is 14.9. The summed E-state index contributed by atoms with van der Waals surface area (Å²) in [5.41, 5.74) is 1.34. The van der Waals surface area contributed by atoms with Gasteiger partial charge in [0.05, 0.1) is 0 Å². The number of hydrogen-bond acceptors (Lipinski definition) is 2. The Labute approximate surface area is 141 Å². The third-order valence-electron chi connectivity index (χ3n) is 3.81. The van der Waals surface area contributed by atoms with Crippen molar-refractivity contribution in [2.45, 2.75) is 18.3 Å². The number of benzene rings is 1. The molecule has 3 rings (SSSR count). The van der Waals surface area contributed by atoms with Crippen molar-refractivity contribution in [1.82, 2.24) is 5.32 Å². The fourth-order valence-electron chi connectivity index (χ4n) is 2.81. The predicted molar refractivity (Wildman–Crippen MR) is 91.4 cm³/mol. The van der Waals surface area contributed by atoms with Crippen molar-refractivity contribution in [3.05, 3.63) is 54.6 Å². The van der Waals surface area contributed by atoms with Gasteiger partial charge >= 0.3 is 0 Å². The Bertz CT molecular complexity index is 577. The van der Waals surface area contributed by atoms with Gasteiger partial charge in [-0.25, -0.2) is 0 Å². The molecule has 1 N–H and O–H groups in total. The van der Waals surface area contributed by atoms with E-state index in [4.69, 9.17) is 23.2 Å². The van der Waals surface area contributed by atoms with Crippen LogP contribution in [0.1, 0.15) is 28.7 Å². The van der Waals surface area contributed by atoms with Crippen LogP contribution in [-0.2, 0) is 0 Å². The normalized spacial score (nSPS) is 22.9. The Kier molecular flexibility index (Phi) is 4.73. The molecule has 1 fully saturated rings. The minimum Gasteiger partial charge on any atom is -0.316 e. The fourth-order valence-corrected chi connectivity index (χ4v) is 4.87. The van der Waals surface area contributed by atoms with E-state index in [2.05, 4.69) is 39.4 Å². The summed E-state index contributed by atoms with van der Waals surface area (Å²) in [4.78, 5) is 1.36. The standard InChI is InChI=1S/C15H14BrCl2NS/c16-13-7-14(20-15(13)18)11-5-6-19-8-12(11)9-1-3-10(17)4-2-9/h1-4,7,11-12,19H,5-6,8H2. The molecule has 0 saturated carbocycles. The van der Waals surface area contributed by atoms with Gasteiger partial charge in [0.25, 0.3) is 0 Å². The largest absolute Gasteiger partial charge is 0.316 e. The summed E-state index contributed by atoms with van der Waals surface area (Å²) in [6.45, 7) is 2.06. The quantitative estimate of drug-likeness (QED) is 0.695. The highest BCUT2D eigenvalue weighted by Gasteiger charge is 2.29. The van der Waals surface area contributed by atoms with Crippen LogP contribution in [-0.4, -0.2) is 13.1 Å². The fraction of sp³-hybridized carbons (Fsp3) is 0.333. The minimum absolute atomic E-state index is 0.475. The summed E-state index contributed by atoms with van der Waals surface area (Å²) in [7, 11) is 0. The number of rotatable bonds is 2. The van der Waals surface area contributed by atoms with Crippen LogP contribution in [0.25, 0.3) is 0 Å². The van der Waals surface area contributed by atoms with Crippen LogP contribution < -0.4 is 5.32 Å². The third kappa shape index (κ3) is 3.07. The van der Waals surface area contributed by atoms with E-state index in [1.807, 2.05) is 12.1 Å². The molecule has 1 aromatic carbocycles. The van der Waals surface area contributed by atoms with Gasteiger partial charge in [-0.3, -0.25) is 0 Å². The van der Waals surface area contributed by atoms with Gasteiger partial charge in [-0.15, -0.1) is 11.3 Å². The minimum atomic E-state index is 0.475. The topological polar surface area (TPSA) is 12.0 Å². The maximum absolute atomic E-state index is 6.20. The Balaban J connectivity index is 1.92. The molecule has 1 nitrogen and oxygen atoms in total. The monoisotopic (exact) mass is 389 g/mol. The predicted octanol–water partition coefficient (Wildman–Crippen LogP) is 5.68. The third-order valence-corrected chi connectivity index (χ3v) is 6.67. The molecule has 20 heavy (non-hydrogen) atoms. The lowest BCUT2D eigenvalue weighted by Gasteiger charge is -2.32. The van der Waals surface area contributed by atoms with Crippen LogP contribution in [0.2, 0.25) is 9.36 Å². The van der Waals surface area contributed by atoms with E-state index < -0.39 is 0 Å². The molecule has 1 aromatic heterocycles. The first-order valence-electron chi connectivity index (χ1n) is 6.56. The van der Waals surface area contributed by atoms with E-state index in [0.717, 1.165) is 33.3 Å². The van der Waals surface area contributed by atoms with Crippen LogP contribution in [0.5, 0.6) is 0 Å². The highest BCUT2D eigenvalue weighted by molar-refractivity contribution is 9.10. The Hall–Kier alpha value is -0.0600. The maximum Gasteiger partial charge on any atom is 0.107 e. The summed E-state index contributed by atoms with van der Waals surface area (Å²) in [5, 5.41) is 4.28. The zero-order chi connectivity index (χ0) is 14.1. The van der Waals surface area contributed by atoms with Crippen molar-refractivity contribution >= 4 is 50.5 Å². The highest BCUT2D eigenvalue weighted by atomic mass is 79.9. The summed E-state index contributed by atoms with van der Waals surface area (Å²) in [6, 6.07) is 10.4. The van der Waals surface area contributed by atoms with Crippen LogP contribution in [0, 0.1) is 0 Å². The molecule has 0 spiro atoms. The van der Waals surface area contributed by atoms with Gasteiger partial charge in [-0.1, -0.05) is 35.3 Å². The number of halogens is 3. The van der Waals surface area contributed by atoms with Gasteiger partial charge in [-0.05, 0) is 52.7 Å². The molecule has 106 valence electrons. The lowest BCUT2D eigenvalue weighted by Crippen LogP contribution is -2.33. The lowest BCUT2D eigenvalue weighted by atomic mass is 9.80. The van der Waals surface area contributed by atoms with Gasteiger partial charge in [0.1, 0.15) is 4.34 Å². The van der Waals surface area contributed by atoms with E-state index in [1.165, 1.54) is 10.4 Å². The zero-order valence-electron chi connectivity index (χ0n) is 10.7. The Morgan fingerprint density at radius 3 is 2.55 bits per heavy atom. The molecule has 0 aliphatic carbocycles. The Morgan fingerprint density at radius 2 is 1.90 bits per heavy atom. The molecule has 1 aliphatic rings. The van der Waals surface area contributed by atoms with Crippen LogP contribution in [0.3, 0.4) is 0 Å². The van der Waals surface area contributed by atoms with Gasteiger partial charge < -0.3 is 5.32 Å². The molecular formula is C15H14BrCl2NS. The maximum atomic E-state index is 6.20. The van der Waals surface area contributed by atoms with Gasteiger partial charge in [-0.2, -0.15) is 0 Å². The summed E-state index contributed by atoms with van der Waals surface area (Å²) < 4.78 is 1.85. The van der Waals surface area contributed by atoms with Crippen molar-refractivity contribution in [2.24, 2.45) is 0 Å². The van der Waals surface area contributed by atoms with E-state index >= 15 is 0 Å². The molecule has 0 radical (unpaired) electrons. The number of hydrogen-bond donors (Lipinski definition) is 1. The van der Waals surface area contributed by atoms with E-state index in [9.17, 15) is 0 Å². The molecule has 0 bridgehead atoms. The molecule has 2 unspecified atom stereocenters. The molecule has 2 atom stereocenters. The SMILES string of the molecule is Clc1ccc(C2CNCCC2c2cc(Br)c(Cl)s2)cc1. The van der Waals surface area contributed by atoms with Crippen molar-refractivity contribution in [2.75, 3.05) is 13.1 Å². The summed E-state index contributed by atoms with van der Waals surface area (Å²) in [6.07, 6.45) is 1.14. The van der Waals surface area contributed by atoms with Crippen molar-refractivity contribution < 1.29 is 0 Å².